The van der Waals surface area contributed by atoms with Gasteiger partial charge in [-0.3, -0.25) is 4.79 Å². The highest BCUT2D eigenvalue weighted by molar-refractivity contribution is 8.00. The van der Waals surface area contributed by atoms with Crippen molar-refractivity contribution in [3.63, 3.8) is 0 Å². The molecule has 0 amide bonds. The van der Waals surface area contributed by atoms with Gasteiger partial charge in [0.15, 0.2) is 17.3 Å². The number of carbonyl (C=O) groups is 1. The van der Waals surface area contributed by atoms with Crippen molar-refractivity contribution < 1.29 is 18.7 Å². The molecule has 0 spiro atoms. The Morgan fingerprint density at radius 1 is 1.59 bits per heavy atom. The summed E-state index contributed by atoms with van der Waals surface area (Å²) in [6.07, 6.45) is 0. The molecule has 5 heteroatoms. The van der Waals surface area contributed by atoms with E-state index in [0.717, 1.165) is 0 Å². The summed E-state index contributed by atoms with van der Waals surface area (Å²) in [5, 5.41) is 0.405. The molecule has 2 rings (SSSR count). The molecular formula is C12H13FO3S. The highest BCUT2D eigenvalue weighted by atomic mass is 32.2. The third-order valence-electron chi connectivity index (χ3n) is 2.53. The van der Waals surface area contributed by atoms with Gasteiger partial charge in [0.25, 0.3) is 0 Å². The lowest BCUT2D eigenvalue weighted by Crippen LogP contribution is -2.31. The second-order valence-corrected chi connectivity index (χ2v) is 5.03. The maximum atomic E-state index is 13.4. The van der Waals surface area contributed by atoms with E-state index in [0.29, 0.717) is 29.8 Å². The summed E-state index contributed by atoms with van der Waals surface area (Å²) in [6.45, 7) is 1.41. The van der Waals surface area contributed by atoms with E-state index in [1.165, 1.54) is 19.2 Å². The molecule has 1 saturated heterocycles. The zero-order valence-electron chi connectivity index (χ0n) is 9.44. The minimum atomic E-state index is -0.504. The Morgan fingerprint density at radius 2 is 2.35 bits per heavy atom. The maximum Gasteiger partial charge on any atom is 0.172 e. The quantitative estimate of drug-likeness (QED) is 0.756. The minimum absolute atomic E-state index is 0.0662. The molecule has 1 aliphatic rings. The summed E-state index contributed by atoms with van der Waals surface area (Å²) in [7, 11) is 1.40. The lowest BCUT2D eigenvalue weighted by Gasteiger charge is -2.24. The Labute approximate surface area is 103 Å². The Bertz CT molecular complexity index is 418. The molecule has 0 aliphatic carbocycles. The molecule has 1 aromatic rings. The van der Waals surface area contributed by atoms with Gasteiger partial charge in [-0.1, -0.05) is 0 Å². The van der Waals surface area contributed by atoms with Crippen LogP contribution in [0.15, 0.2) is 18.2 Å². The van der Waals surface area contributed by atoms with E-state index in [9.17, 15) is 9.18 Å². The largest absolute Gasteiger partial charge is 0.494 e. The fourth-order valence-electron chi connectivity index (χ4n) is 1.43. The lowest BCUT2D eigenvalue weighted by molar-refractivity contribution is 0.0455. The molecule has 0 aromatic heterocycles. The van der Waals surface area contributed by atoms with Crippen molar-refractivity contribution in [3.8, 4) is 5.75 Å². The summed E-state index contributed by atoms with van der Waals surface area (Å²) < 4.78 is 23.2. The van der Waals surface area contributed by atoms with Crippen molar-refractivity contribution in [2.24, 2.45) is 0 Å². The Hall–Kier alpha value is -1.07. The van der Waals surface area contributed by atoms with E-state index < -0.39 is 5.82 Å². The number of methoxy groups -OCH3 is 1. The Kier molecular flexibility index (Phi) is 4.02. The van der Waals surface area contributed by atoms with Gasteiger partial charge >= 0.3 is 0 Å². The lowest BCUT2D eigenvalue weighted by atomic mass is 10.1. The van der Waals surface area contributed by atoms with E-state index in [1.807, 2.05) is 0 Å². The van der Waals surface area contributed by atoms with E-state index in [2.05, 4.69) is 0 Å². The summed E-state index contributed by atoms with van der Waals surface area (Å²) >= 11 is 1.55. The average Bonchev–Trinajstić information content (AvgIpc) is 2.26. The third-order valence-corrected chi connectivity index (χ3v) is 3.70. The van der Waals surface area contributed by atoms with Crippen LogP contribution in [0.4, 0.5) is 4.39 Å². The van der Waals surface area contributed by atoms with Crippen LogP contribution in [-0.4, -0.2) is 37.1 Å². The number of Topliss-reactive ketones (excluding diaryl/α,β-unsaturated/α-hetero) is 1. The molecule has 17 heavy (non-hydrogen) atoms. The highest BCUT2D eigenvalue weighted by Crippen LogP contribution is 2.22. The van der Waals surface area contributed by atoms with Crippen LogP contribution in [-0.2, 0) is 4.74 Å². The first-order chi connectivity index (χ1) is 8.20. The van der Waals surface area contributed by atoms with Crippen LogP contribution in [0.25, 0.3) is 0 Å². The highest BCUT2D eigenvalue weighted by Gasteiger charge is 2.20. The van der Waals surface area contributed by atoms with E-state index in [4.69, 9.17) is 9.47 Å². The standard InChI is InChI=1S/C12H13FO3S/c1-15-12-3-2-8(4-10(12)13)11(14)7-17-9-5-16-6-9/h2-4,9H,5-7H2,1H3. The van der Waals surface area contributed by atoms with E-state index in [-0.39, 0.29) is 11.5 Å². The zero-order valence-corrected chi connectivity index (χ0v) is 10.3. The number of ketones is 1. The molecule has 1 heterocycles. The van der Waals surface area contributed by atoms with Crippen LogP contribution < -0.4 is 4.74 Å². The predicted octanol–water partition coefficient (Wildman–Crippen LogP) is 2.15. The molecule has 0 radical (unpaired) electrons. The SMILES string of the molecule is COc1ccc(C(=O)CSC2COC2)cc1F. The van der Waals surface area contributed by atoms with Crippen molar-refractivity contribution in [3.05, 3.63) is 29.6 Å². The average molecular weight is 256 g/mol. The second kappa shape index (κ2) is 5.51. The van der Waals surface area contributed by atoms with Crippen LogP contribution in [0.3, 0.4) is 0 Å². The maximum absolute atomic E-state index is 13.4. The molecule has 1 aliphatic heterocycles. The van der Waals surface area contributed by atoms with Gasteiger partial charge in [-0.25, -0.2) is 4.39 Å². The molecule has 1 fully saturated rings. The second-order valence-electron chi connectivity index (χ2n) is 3.74. The number of hydrogen-bond acceptors (Lipinski definition) is 4. The Morgan fingerprint density at radius 3 is 2.88 bits per heavy atom. The number of thioether (sulfide) groups is 1. The van der Waals surface area contributed by atoms with Crippen molar-refractivity contribution >= 4 is 17.5 Å². The minimum Gasteiger partial charge on any atom is -0.494 e. The number of rotatable bonds is 5. The van der Waals surface area contributed by atoms with Crippen LogP contribution in [0.1, 0.15) is 10.4 Å². The molecule has 0 bridgehead atoms. The molecule has 0 unspecified atom stereocenters. The first-order valence-corrected chi connectivity index (χ1v) is 6.31. The monoisotopic (exact) mass is 256 g/mol. The first kappa shape index (κ1) is 12.4. The smallest absolute Gasteiger partial charge is 0.172 e. The summed E-state index contributed by atoms with van der Waals surface area (Å²) in [5.41, 5.74) is 0.385. The summed E-state index contributed by atoms with van der Waals surface area (Å²) in [6, 6.07) is 4.28. The fourth-order valence-corrected chi connectivity index (χ4v) is 2.37. The fraction of sp³-hybridized carbons (Fsp3) is 0.417. The van der Waals surface area contributed by atoms with Crippen molar-refractivity contribution in [1.82, 2.24) is 0 Å². The number of ether oxygens (including phenoxy) is 2. The van der Waals surface area contributed by atoms with Gasteiger partial charge in [-0.15, -0.1) is 11.8 Å². The summed E-state index contributed by atoms with van der Waals surface area (Å²) in [5.74, 6) is -0.0554. The van der Waals surface area contributed by atoms with Gasteiger partial charge in [0.1, 0.15) is 0 Å². The number of carbonyl (C=O) groups excluding carboxylic acids is 1. The van der Waals surface area contributed by atoms with Crippen LogP contribution in [0, 0.1) is 5.82 Å². The van der Waals surface area contributed by atoms with Gasteiger partial charge in [-0.05, 0) is 18.2 Å². The molecule has 0 saturated carbocycles. The number of hydrogen-bond donors (Lipinski definition) is 0. The van der Waals surface area contributed by atoms with Crippen LogP contribution in [0.2, 0.25) is 0 Å². The molecule has 0 atom stereocenters. The molecule has 3 nitrogen and oxygen atoms in total. The molecule has 92 valence electrons. The topological polar surface area (TPSA) is 35.5 Å². The summed E-state index contributed by atoms with van der Waals surface area (Å²) in [4.78, 5) is 11.8. The predicted molar refractivity (Wildman–Crippen MR) is 64.3 cm³/mol. The number of benzene rings is 1. The van der Waals surface area contributed by atoms with E-state index in [1.54, 1.807) is 17.8 Å². The van der Waals surface area contributed by atoms with Gasteiger partial charge < -0.3 is 9.47 Å². The van der Waals surface area contributed by atoms with Crippen LogP contribution >= 0.6 is 11.8 Å². The molecule has 1 aromatic carbocycles. The van der Waals surface area contributed by atoms with E-state index >= 15 is 0 Å². The van der Waals surface area contributed by atoms with Crippen molar-refractivity contribution in [1.29, 1.82) is 0 Å². The van der Waals surface area contributed by atoms with Crippen molar-refractivity contribution in [2.75, 3.05) is 26.1 Å². The van der Waals surface area contributed by atoms with Gasteiger partial charge in [0.2, 0.25) is 0 Å². The molecular weight excluding hydrogens is 243 g/mol. The van der Waals surface area contributed by atoms with Gasteiger partial charge in [-0.2, -0.15) is 0 Å². The van der Waals surface area contributed by atoms with Crippen molar-refractivity contribution in [2.45, 2.75) is 5.25 Å². The normalized spacial score (nSPS) is 15.4. The first-order valence-electron chi connectivity index (χ1n) is 5.27. The van der Waals surface area contributed by atoms with Gasteiger partial charge in [0, 0.05) is 5.56 Å². The number of halogens is 1. The Balaban J connectivity index is 1.95. The van der Waals surface area contributed by atoms with Gasteiger partial charge in [0.05, 0.1) is 31.3 Å². The zero-order chi connectivity index (χ0) is 12.3. The van der Waals surface area contributed by atoms with Crippen LogP contribution in [0.5, 0.6) is 5.75 Å². The molecule has 0 N–H and O–H groups in total. The third kappa shape index (κ3) is 2.98.